The molecule has 4 aromatic rings. The van der Waals surface area contributed by atoms with Crippen LogP contribution in [0.25, 0.3) is 37.9 Å². The van der Waals surface area contributed by atoms with Gasteiger partial charge in [0, 0.05) is 0 Å². The first-order valence-electron chi connectivity index (χ1n) is 8.78. The first-order chi connectivity index (χ1) is 11.4. The van der Waals surface area contributed by atoms with Gasteiger partial charge in [0.1, 0.15) is 0 Å². The number of benzene rings is 4. The predicted molar refractivity (Wildman–Crippen MR) is 101 cm³/mol. The van der Waals surface area contributed by atoms with Crippen molar-refractivity contribution in [3.8, 4) is 0 Å². The van der Waals surface area contributed by atoms with Gasteiger partial charge < -0.3 is 0 Å². The summed E-state index contributed by atoms with van der Waals surface area (Å²) in [6, 6.07) is 20.5. The maximum atomic E-state index is 2.49. The summed E-state index contributed by atoms with van der Waals surface area (Å²) in [4.78, 5) is 0. The Kier molecular flexibility index (Phi) is 2.91. The Hall–Kier alpha value is -2.34. The minimum Gasteiger partial charge on any atom is -0.0807 e. The molecule has 0 spiro atoms. The van der Waals surface area contributed by atoms with Crippen molar-refractivity contribution in [2.75, 3.05) is 0 Å². The molecule has 23 heavy (non-hydrogen) atoms. The highest BCUT2D eigenvalue weighted by molar-refractivity contribution is 6.24. The Morgan fingerprint density at radius 1 is 0.609 bits per heavy atom. The van der Waals surface area contributed by atoms with Crippen molar-refractivity contribution >= 4 is 37.9 Å². The normalized spacial score (nSPS) is 16.1. The molecule has 0 bridgehead atoms. The summed E-state index contributed by atoms with van der Waals surface area (Å²) in [6.45, 7) is 0. The molecule has 5 rings (SSSR count). The van der Waals surface area contributed by atoms with Crippen molar-refractivity contribution in [2.45, 2.75) is 32.1 Å². The molecule has 112 valence electrons. The number of hydrogen-bond donors (Lipinski definition) is 0. The van der Waals surface area contributed by atoms with E-state index in [-0.39, 0.29) is 0 Å². The van der Waals surface area contributed by atoms with Crippen LogP contribution in [0.2, 0.25) is 0 Å². The van der Waals surface area contributed by atoms with Gasteiger partial charge in [0.05, 0.1) is 0 Å². The van der Waals surface area contributed by atoms with E-state index >= 15 is 0 Å². The molecule has 1 aliphatic rings. The quantitative estimate of drug-likeness (QED) is 0.334. The van der Waals surface area contributed by atoms with Gasteiger partial charge in [0.25, 0.3) is 0 Å². The van der Waals surface area contributed by atoms with Crippen LogP contribution in [-0.2, 0) is 0 Å². The zero-order chi connectivity index (χ0) is 15.2. The summed E-state index contributed by atoms with van der Waals surface area (Å²) >= 11 is 0. The molecule has 0 heteroatoms. The lowest BCUT2D eigenvalue weighted by Crippen LogP contribution is -1.90. The van der Waals surface area contributed by atoms with Crippen molar-refractivity contribution < 1.29 is 0 Å². The lowest BCUT2D eigenvalue weighted by atomic mass is 9.89. The van der Waals surface area contributed by atoms with E-state index in [1.165, 1.54) is 70.0 Å². The smallest absolute Gasteiger partial charge is 0.00207 e. The zero-order valence-electron chi connectivity index (χ0n) is 13.3. The Balaban J connectivity index is 1.89. The van der Waals surface area contributed by atoms with Crippen LogP contribution in [0.15, 0.2) is 60.7 Å². The Morgan fingerprint density at radius 2 is 1.35 bits per heavy atom. The largest absolute Gasteiger partial charge is 0.0807 e. The summed E-state index contributed by atoms with van der Waals surface area (Å²) in [5, 5.41) is 8.38. The average molecular weight is 296 g/mol. The van der Waals surface area contributed by atoms with Crippen LogP contribution in [-0.4, -0.2) is 0 Å². The van der Waals surface area contributed by atoms with Crippen molar-refractivity contribution in [1.29, 1.82) is 0 Å². The van der Waals surface area contributed by atoms with Gasteiger partial charge in [-0.25, -0.2) is 0 Å². The highest BCUT2D eigenvalue weighted by Gasteiger charge is 2.13. The number of rotatable bonds is 1. The SMILES string of the molecule is C1=C(c2ccc3ccc4cccc5ccc2c3c45)CCCCC1. The van der Waals surface area contributed by atoms with E-state index in [9.17, 15) is 0 Å². The highest BCUT2D eigenvalue weighted by atomic mass is 14.2. The molecule has 0 amide bonds. The second-order valence-electron chi connectivity index (χ2n) is 6.80. The fourth-order valence-corrected chi connectivity index (χ4v) is 4.27. The molecule has 0 saturated carbocycles. The van der Waals surface area contributed by atoms with Crippen LogP contribution < -0.4 is 0 Å². The molecule has 0 unspecified atom stereocenters. The second-order valence-corrected chi connectivity index (χ2v) is 6.80. The van der Waals surface area contributed by atoms with Gasteiger partial charge in [-0.1, -0.05) is 67.1 Å². The number of hydrogen-bond acceptors (Lipinski definition) is 0. The fraction of sp³-hybridized carbons (Fsp3) is 0.217. The summed E-state index contributed by atoms with van der Waals surface area (Å²) in [5.74, 6) is 0. The Bertz CT molecular complexity index is 1020. The monoisotopic (exact) mass is 296 g/mol. The lowest BCUT2D eigenvalue weighted by molar-refractivity contribution is 0.720. The summed E-state index contributed by atoms with van der Waals surface area (Å²) < 4.78 is 0. The molecule has 0 aliphatic heterocycles. The van der Waals surface area contributed by atoms with Crippen LogP contribution in [0.5, 0.6) is 0 Å². The van der Waals surface area contributed by atoms with E-state index in [0.717, 1.165) is 0 Å². The van der Waals surface area contributed by atoms with Crippen LogP contribution in [0.1, 0.15) is 37.7 Å². The lowest BCUT2D eigenvalue weighted by Gasteiger charge is -2.15. The maximum Gasteiger partial charge on any atom is -0.00207 e. The van der Waals surface area contributed by atoms with Gasteiger partial charge >= 0.3 is 0 Å². The molecular weight excluding hydrogens is 276 g/mol. The highest BCUT2D eigenvalue weighted by Crippen LogP contribution is 2.39. The van der Waals surface area contributed by atoms with E-state index in [2.05, 4.69) is 60.7 Å². The van der Waals surface area contributed by atoms with E-state index in [0.29, 0.717) is 0 Å². The van der Waals surface area contributed by atoms with Gasteiger partial charge in [-0.3, -0.25) is 0 Å². The van der Waals surface area contributed by atoms with Crippen LogP contribution >= 0.6 is 0 Å². The molecule has 0 fully saturated rings. The first-order valence-corrected chi connectivity index (χ1v) is 8.78. The third-order valence-corrected chi connectivity index (χ3v) is 5.42. The van der Waals surface area contributed by atoms with E-state index in [1.54, 1.807) is 5.57 Å². The molecule has 0 saturated heterocycles. The number of allylic oxidation sites excluding steroid dienone is 2. The maximum absolute atomic E-state index is 2.49. The average Bonchev–Trinajstić information content (AvgIpc) is 2.89. The topological polar surface area (TPSA) is 0 Å². The third kappa shape index (κ3) is 1.98. The van der Waals surface area contributed by atoms with Gasteiger partial charge in [-0.05, 0) is 69.1 Å². The van der Waals surface area contributed by atoms with Crippen molar-refractivity contribution in [2.24, 2.45) is 0 Å². The van der Waals surface area contributed by atoms with Crippen LogP contribution in [0.3, 0.4) is 0 Å². The van der Waals surface area contributed by atoms with Crippen molar-refractivity contribution in [3.63, 3.8) is 0 Å². The third-order valence-electron chi connectivity index (χ3n) is 5.42. The summed E-state index contributed by atoms with van der Waals surface area (Å²) in [6.07, 6.45) is 8.98. The summed E-state index contributed by atoms with van der Waals surface area (Å²) in [5.41, 5.74) is 3.01. The first kappa shape index (κ1) is 13.1. The van der Waals surface area contributed by atoms with E-state index < -0.39 is 0 Å². The molecule has 0 radical (unpaired) electrons. The fourth-order valence-electron chi connectivity index (χ4n) is 4.27. The summed E-state index contributed by atoms with van der Waals surface area (Å²) in [7, 11) is 0. The predicted octanol–water partition coefficient (Wildman–Crippen LogP) is 6.93. The standard InChI is InChI=1S/C23H20/c1-2-4-7-16(6-3-1)20-14-12-19-11-10-17-8-5-9-18-13-15-21(20)23(19)22(17)18/h5-6,8-15H,1-4,7H2. The molecule has 0 atom stereocenters. The molecule has 1 aliphatic carbocycles. The minimum absolute atomic E-state index is 1.23. The molecule has 0 nitrogen and oxygen atoms in total. The molecule has 0 aromatic heterocycles. The second kappa shape index (κ2) is 5.09. The minimum atomic E-state index is 1.23. The Morgan fingerprint density at radius 3 is 2.22 bits per heavy atom. The molecule has 0 heterocycles. The Labute approximate surface area is 136 Å². The van der Waals surface area contributed by atoms with Gasteiger partial charge in [0.15, 0.2) is 0 Å². The zero-order valence-corrected chi connectivity index (χ0v) is 13.3. The van der Waals surface area contributed by atoms with E-state index in [1.807, 2.05) is 0 Å². The van der Waals surface area contributed by atoms with Crippen LogP contribution in [0.4, 0.5) is 0 Å². The van der Waals surface area contributed by atoms with Gasteiger partial charge in [-0.15, -0.1) is 0 Å². The van der Waals surface area contributed by atoms with E-state index in [4.69, 9.17) is 0 Å². The van der Waals surface area contributed by atoms with Crippen LogP contribution in [0, 0.1) is 0 Å². The molecule has 0 N–H and O–H groups in total. The molecule has 4 aromatic carbocycles. The van der Waals surface area contributed by atoms with Gasteiger partial charge in [0.2, 0.25) is 0 Å². The molecular formula is C23H20. The van der Waals surface area contributed by atoms with Crippen molar-refractivity contribution in [3.05, 3.63) is 66.2 Å². The van der Waals surface area contributed by atoms with Crippen molar-refractivity contribution in [1.82, 2.24) is 0 Å². The van der Waals surface area contributed by atoms with Gasteiger partial charge in [-0.2, -0.15) is 0 Å².